The molecule has 0 spiro atoms. The summed E-state index contributed by atoms with van der Waals surface area (Å²) in [6.45, 7) is 3.17. The Kier molecular flexibility index (Phi) is 3.00. The van der Waals surface area contributed by atoms with Crippen LogP contribution < -0.4 is 4.90 Å². The maximum atomic E-state index is 4.40. The summed E-state index contributed by atoms with van der Waals surface area (Å²) < 4.78 is 4.36. The monoisotopic (exact) mass is 348 g/mol. The summed E-state index contributed by atoms with van der Waals surface area (Å²) in [6.07, 6.45) is 5.78. The van der Waals surface area contributed by atoms with Crippen LogP contribution in [0.1, 0.15) is 0 Å². The highest BCUT2D eigenvalue weighted by atomic mass is 79.9. The first-order chi connectivity index (χ1) is 9.79. The lowest BCUT2D eigenvalue weighted by Crippen LogP contribution is -2.48. The molecule has 3 aromatic rings. The van der Waals surface area contributed by atoms with Crippen molar-refractivity contribution in [1.29, 1.82) is 0 Å². The molecule has 1 fully saturated rings. The first-order valence-electron chi connectivity index (χ1n) is 6.55. The number of hydrogen-bond donors (Lipinski definition) is 0. The van der Waals surface area contributed by atoms with Gasteiger partial charge in [0.2, 0.25) is 0 Å². The number of pyridine rings is 1. The normalized spacial score (nSPS) is 15.8. The van der Waals surface area contributed by atoms with Crippen molar-refractivity contribution in [1.82, 2.24) is 14.8 Å². The second-order valence-electron chi connectivity index (χ2n) is 5.12. The second kappa shape index (κ2) is 4.86. The predicted molar refractivity (Wildman–Crippen MR) is 85.3 cm³/mol. The van der Waals surface area contributed by atoms with E-state index in [4.69, 9.17) is 0 Å². The third-order valence-corrected chi connectivity index (χ3v) is 5.00. The van der Waals surface area contributed by atoms with E-state index in [1.54, 1.807) is 11.3 Å². The molecule has 0 amide bonds. The number of fused-ring (bicyclic) bond motifs is 1. The molecular weight excluding hydrogens is 336 g/mol. The van der Waals surface area contributed by atoms with Crippen LogP contribution in [0.4, 0.5) is 5.69 Å². The SMILES string of the molecule is Brc1cnn(CC2CN(c3ccnc4ccsc34)C2)c1. The molecule has 6 heteroatoms. The van der Waals surface area contributed by atoms with Crippen molar-refractivity contribution in [3.63, 3.8) is 0 Å². The van der Waals surface area contributed by atoms with Crippen molar-refractivity contribution in [3.8, 4) is 0 Å². The van der Waals surface area contributed by atoms with Crippen molar-refractivity contribution in [2.45, 2.75) is 6.54 Å². The van der Waals surface area contributed by atoms with Gasteiger partial charge in [-0.3, -0.25) is 9.67 Å². The minimum Gasteiger partial charge on any atom is -0.369 e. The Bertz CT molecular complexity index is 744. The van der Waals surface area contributed by atoms with Gasteiger partial charge in [0.15, 0.2) is 0 Å². The minimum absolute atomic E-state index is 0.671. The summed E-state index contributed by atoms with van der Waals surface area (Å²) in [5, 5.41) is 6.43. The number of nitrogens with zero attached hydrogens (tertiary/aromatic N) is 4. The van der Waals surface area contributed by atoms with Crippen LogP contribution in [-0.4, -0.2) is 27.9 Å². The van der Waals surface area contributed by atoms with Crippen molar-refractivity contribution >= 4 is 43.2 Å². The Morgan fingerprint density at radius 2 is 2.25 bits per heavy atom. The molecule has 1 saturated heterocycles. The zero-order valence-corrected chi connectivity index (χ0v) is 13.1. The molecule has 1 aliphatic heterocycles. The number of thiophene rings is 1. The van der Waals surface area contributed by atoms with E-state index >= 15 is 0 Å². The highest BCUT2D eigenvalue weighted by molar-refractivity contribution is 9.10. The molecule has 1 aliphatic rings. The maximum absolute atomic E-state index is 4.40. The highest BCUT2D eigenvalue weighted by Gasteiger charge is 2.28. The van der Waals surface area contributed by atoms with Gasteiger partial charge in [-0.25, -0.2) is 0 Å². The Balaban J connectivity index is 1.47. The fraction of sp³-hybridized carbons (Fsp3) is 0.286. The average Bonchev–Trinajstić information content (AvgIpc) is 3.01. The standard InChI is InChI=1S/C14H13BrN4S/c15-11-5-17-19(9-11)8-10-6-18(7-10)13-1-3-16-12-2-4-20-14(12)13/h1-5,9-10H,6-8H2. The molecule has 0 aromatic carbocycles. The summed E-state index contributed by atoms with van der Waals surface area (Å²) in [4.78, 5) is 6.83. The van der Waals surface area contributed by atoms with E-state index in [9.17, 15) is 0 Å². The van der Waals surface area contributed by atoms with E-state index in [1.807, 2.05) is 23.3 Å². The number of aromatic nitrogens is 3. The van der Waals surface area contributed by atoms with Gasteiger partial charge in [-0.05, 0) is 33.4 Å². The lowest BCUT2D eigenvalue weighted by atomic mass is 9.99. The van der Waals surface area contributed by atoms with E-state index in [0.29, 0.717) is 5.92 Å². The molecular formula is C14H13BrN4S. The molecule has 4 rings (SSSR count). The van der Waals surface area contributed by atoms with Crippen LogP contribution >= 0.6 is 27.3 Å². The van der Waals surface area contributed by atoms with E-state index in [0.717, 1.165) is 29.6 Å². The molecule has 0 aliphatic carbocycles. The lowest BCUT2D eigenvalue weighted by molar-refractivity contribution is 0.343. The molecule has 4 nitrogen and oxygen atoms in total. The Labute approximate surface area is 129 Å². The maximum Gasteiger partial charge on any atom is 0.0830 e. The topological polar surface area (TPSA) is 34.0 Å². The van der Waals surface area contributed by atoms with Gasteiger partial charge < -0.3 is 4.90 Å². The molecule has 0 bridgehead atoms. The van der Waals surface area contributed by atoms with Gasteiger partial charge in [-0.2, -0.15) is 5.10 Å². The first-order valence-corrected chi connectivity index (χ1v) is 8.22. The van der Waals surface area contributed by atoms with Gasteiger partial charge in [0.25, 0.3) is 0 Å². The predicted octanol–water partition coefficient (Wildman–Crippen LogP) is 3.39. The van der Waals surface area contributed by atoms with Crippen molar-refractivity contribution < 1.29 is 0 Å². The van der Waals surface area contributed by atoms with Gasteiger partial charge in [0, 0.05) is 37.9 Å². The molecule has 0 atom stereocenters. The fourth-order valence-electron chi connectivity index (χ4n) is 2.69. The van der Waals surface area contributed by atoms with E-state index < -0.39 is 0 Å². The van der Waals surface area contributed by atoms with Crippen LogP contribution in [0.2, 0.25) is 0 Å². The van der Waals surface area contributed by atoms with Gasteiger partial charge >= 0.3 is 0 Å². The van der Waals surface area contributed by atoms with E-state index in [-0.39, 0.29) is 0 Å². The second-order valence-corrected chi connectivity index (χ2v) is 6.95. The Morgan fingerprint density at radius 3 is 3.05 bits per heavy atom. The molecule has 20 heavy (non-hydrogen) atoms. The Hall–Kier alpha value is -1.40. The van der Waals surface area contributed by atoms with E-state index in [1.165, 1.54) is 10.4 Å². The molecule has 0 radical (unpaired) electrons. The lowest BCUT2D eigenvalue weighted by Gasteiger charge is -2.41. The summed E-state index contributed by atoms with van der Waals surface area (Å²) in [5.41, 5.74) is 2.43. The number of anilines is 1. The number of hydrogen-bond acceptors (Lipinski definition) is 4. The molecule has 102 valence electrons. The highest BCUT2D eigenvalue weighted by Crippen LogP contribution is 2.34. The summed E-state index contributed by atoms with van der Waals surface area (Å²) >= 11 is 5.21. The molecule has 0 N–H and O–H groups in total. The summed E-state index contributed by atoms with van der Waals surface area (Å²) in [6, 6.07) is 4.21. The number of rotatable bonds is 3. The average molecular weight is 349 g/mol. The largest absolute Gasteiger partial charge is 0.369 e. The third kappa shape index (κ3) is 2.13. The van der Waals surface area contributed by atoms with Crippen LogP contribution in [0, 0.1) is 5.92 Å². The summed E-state index contributed by atoms with van der Waals surface area (Å²) in [7, 11) is 0. The van der Waals surface area contributed by atoms with Crippen molar-refractivity contribution in [2.24, 2.45) is 5.92 Å². The number of halogens is 1. The smallest absolute Gasteiger partial charge is 0.0830 e. The molecule has 3 aromatic heterocycles. The first kappa shape index (κ1) is 12.3. The van der Waals surface area contributed by atoms with Gasteiger partial charge in [-0.1, -0.05) is 0 Å². The van der Waals surface area contributed by atoms with Gasteiger partial charge in [0.05, 0.1) is 26.6 Å². The zero-order chi connectivity index (χ0) is 13.5. The van der Waals surface area contributed by atoms with Crippen LogP contribution in [-0.2, 0) is 6.54 Å². The minimum atomic E-state index is 0.671. The van der Waals surface area contributed by atoms with Crippen LogP contribution in [0.15, 0.2) is 40.6 Å². The zero-order valence-electron chi connectivity index (χ0n) is 10.7. The fourth-order valence-corrected chi connectivity index (χ4v) is 3.91. The van der Waals surface area contributed by atoms with Crippen LogP contribution in [0.3, 0.4) is 0 Å². The summed E-state index contributed by atoms with van der Waals surface area (Å²) in [5.74, 6) is 0.671. The van der Waals surface area contributed by atoms with Gasteiger partial charge in [0.1, 0.15) is 0 Å². The molecule has 0 saturated carbocycles. The quantitative estimate of drug-likeness (QED) is 0.727. The van der Waals surface area contributed by atoms with E-state index in [2.05, 4.69) is 48.4 Å². The molecule has 4 heterocycles. The molecule has 0 unspecified atom stereocenters. The van der Waals surface area contributed by atoms with Crippen LogP contribution in [0.25, 0.3) is 10.2 Å². The van der Waals surface area contributed by atoms with Crippen LogP contribution in [0.5, 0.6) is 0 Å². The van der Waals surface area contributed by atoms with Crippen molar-refractivity contribution in [3.05, 3.63) is 40.6 Å². The Morgan fingerprint density at radius 1 is 1.35 bits per heavy atom. The van der Waals surface area contributed by atoms with Gasteiger partial charge in [-0.15, -0.1) is 11.3 Å². The third-order valence-electron chi connectivity index (χ3n) is 3.67. The van der Waals surface area contributed by atoms with Crippen molar-refractivity contribution in [2.75, 3.05) is 18.0 Å².